The van der Waals surface area contributed by atoms with Crippen molar-refractivity contribution in [3.63, 3.8) is 0 Å². The molecule has 1 heterocycles. The third-order valence-corrected chi connectivity index (χ3v) is 3.69. The van der Waals surface area contributed by atoms with Crippen LogP contribution in [0.25, 0.3) is 0 Å². The minimum absolute atomic E-state index is 0.115. The number of rotatable bonds is 6. The van der Waals surface area contributed by atoms with Crippen molar-refractivity contribution in [1.29, 1.82) is 0 Å². The van der Waals surface area contributed by atoms with Crippen molar-refractivity contribution in [1.82, 2.24) is 15.5 Å². The minimum atomic E-state index is -0.541. The van der Waals surface area contributed by atoms with E-state index in [1.54, 1.807) is 7.11 Å². The average Bonchev–Trinajstić information content (AvgIpc) is 2.98. The van der Waals surface area contributed by atoms with Crippen LogP contribution in [0.1, 0.15) is 43.7 Å². The summed E-state index contributed by atoms with van der Waals surface area (Å²) in [7, 11) is 3.52. The Morgan fingerprint density at radius 3 is 2.55 bits per heavy atom. The largest absolute Gasteiger partial charge is 0.420 e. The molecular formula is C15H21N3O2. The predicted molar refractivity (Wildman–Crippen MR) is 76.3 cm³/mol. The molecule has 1 aromatic heterocycles. The molecule has 2 unspecified atom stereocenters. The lowest BCUT2D eigenvalue weighted by atomic mass is 10.0. The molecule has 0 spiro atoms. The van der Waals surface area contributed by atoms with Gasteiger partial charge in [-0.15, -0.1) is 10.2 Å². The summed E-state index contributed by atoms with van der Waals surface area (Å²) in [5, 5.41) is 11.5. The molecule has 0 aliphatic rings. The third kappa shape index (κ3) is 2.73. The summed E-state index contributed by atoms with van der Waals surface area (Å²) < 4.78 is 11.3. The van der Waals surface area contributed by atoms with Crippen LogP contribution in [0.3, 0.4) is 0 Å². The van der Waals surface area contributed by atoms with Crippen LogP contribution in [-0.2, 0) is 10.3 Å². The molecule has 0 bridgehead atoms. The quantitative estimate of drug-likeness (QED) is 0.878. The van der Waals surface area contributed by atoms with Crippen molar-refractivity contribution in [2.45, 2.75) is 31.9 Å². The third-order valence-electron chi connectivity index (χ3n) is 3.69. The number of benzene rings is 1. The first-order valence-corrected chi connectivity index (χ1v) is 6.76. The second kappa shape index (κ2) is 6.15. The van der Waals surface area contributed by atoms with Gasteiger partial charge in [0.05, 0.1) is 0 Å². The molecule has 0 saturated heterocycles. The summed E-state index contributed by atoms with van der Waals surface area (Å²) >= 11 is 0. The number of aromatic nitrogens is 2. The normalized spacial score (nSPS) is 15.8. The van der Waals surface area contributed by atoms with E-state index in [0.29, 0.717) is 11.8 Å². The predicted octanol–water partition coefficient (Wildman–Crippen LogP) is 2.65. The molecular weight excluding hydrogens is 254 g/mol. The molecule has 0 aliphatic carbocycles. The van der Waals surface area contributed by atoms with Crippen LogP contribution in [0, 0.1) is 0 Å². The summed E-state index contributed by atoms with van der Waals surface area (Å²) in [4.78, 5) is 0. The van der Waals surface area contributed by atoms with Crippen LogP contribution in [-0.4, -0.2) is 24.4 Å². The molecule has 1 N–H and O–H groups in total. The Labute approximate surface area is 119 Å². The molecule has 0 saturated carbocycles. The van der Waals surface area contributed by atoms with Crippen molar-refractivity contribution in [2.75, 3.05) is 14.2 Å². The molecule has 20 heavy (non-hydrogen) atoms. The fourth-order valence-electron chi connectivity index (χ4n) is 2.03. The maximum absolute atomic E-state index is 5.83. The zero-order chi connectivity index (χ0) is 14.6. The Morgan fingerprint density at radius 1 is 1.30 bits per heavy atom. The Kier molecular flexibility index (Phi) is 4.52. The van der Waals surface area contributed by atoms with Crippen molar-refractivity contribution in [2.24, 2.45) is 0 Å². The van der Waals surface area contributed by atoms with Crippen LogP contribution in [0.15, 0.2) is 34.7 Å². The lowest BCUT2D eigenvalue weighted by Gasteiger charge is -2.21. The van der Waals surface area contributed by atoms with E-state index in [2.05, 4.69) is 15.5 Å². The van der Waals surface area contributed by atoms with Crippen molar-refractivity contribution in [3.05, 3.63) is 47.7 Å². The van der Waals surface area contributed by atoms with Crippen molar-refractivity contribution in [3.8, 4) is 0 Å². The molecule has 2 atom stereocenters. The smallest absolute Gasteiger partial charge is 0.248 e. The van der Waals surface area contributed by atoms with Gasteiger partial charge in [-0.05, 0) is 26.0 Å². The molecule has 0 fully saturated rings. The first-order valence-electron chi connectivity index (χ1n) is 6.76. The number of methoxy groups -OCH3 is 1. The van der Waals surface area contributed by atoms with Gasteiger partial charge >= 0.3 is 0 Å². The summed E-state index contributed by atoms with van der Waals surface area (Å²) in [5.74, 6) is 1.05. The van der Waals surface area contributed by atoms with Gasteiger partial charge in [-0.2, -0.15) is 0 Å². The molecule has 108 valence electrons. The van der Waals surface area contributed by atoms with Gasteiger partial charge in [0, 0.05) is 7.11 Å². The molecule has 5 heteroatoms. The maximum Gasteiger partial charge on any atom is 0.248 e. The van der Waals surface area contributed by atoms with Gasteiger partial charge < -0.3 is 14.5 Å². The number of hydrogen-bond donors (Lipinski definition) is 1. The minimum Gasteiger partial charge on any atom is -0.420 e. The lowest BCUT2D eigenvalue weighted by Crippen LogP contribution is -2.23. The van der Waals surface area contributed by atoms with Gasteiger partial charge in [0.15, 0.2) is 0 Å². The van der Waals surface area contributed by atoms with E-state index in [0.717, 1.165) is 12.0 Å². The lowest BCUT2D eigenvalue weighted by molar-refractivity contribution is -0.0244. The Balaban J connectivity index is 2.32. The number of nitrogens with zero attached hydrogens (tertiary/aromatic N) is 2. The van der Waals surface area contributed by atoms with E-state index in [-0.39, 0.29) is 6.04 Å². The van der Waals surface area contributed by atoms with Gasteiger partial charge in [0.2, 0.25) is 11.8 Å². The van der Waals surface area contributed by atoms with Crippen LogP contribution in [0.4, 0.5) is 0 Å². The number of nitrogens with one attached hydrogen (secondary N) is 1. The van der Waals surface area contributed by atoms with E-state index in [1.807, 2.05) is 51.2 Å². The van der Waals surface area contributed by atoms with Gasteiger partial charge in [0.1, 0.15) is 11.6 Å². The summed E-state index contributed by atoms with van der Waals surface area (Å²) in [5.41, 5.74) is 0.543. The van der Waals surface area contributed by atoms with Gasteiger partial charge in [-0.1, -0.05) is 37.3 Å². The van der Waals surface area contributed by atoms with Crippen LogP contribution < -0.4 is 5.32 Å². The second-order valence-corrected chi connectivity index (χ2v) is 4.87. The van der Waals surface area contributed by atoms with Crippen LogP contribution in [0.2, 0.25) is 0 Å². The molecule has 1 aromatic carbocycles. The Hall–Kier alpha value is -1.72. The van der Waals surface area contributed by atoms with Crippen molar-refractivity contribution >= 4 is 0 Å². The first-order chi connectivity index (χ1) is 9.64. The van der Waals surface area contributed by atoms with E-state index in [1.165, 1.54) is 0 Å². The summed E-state index contributed by atoms with van der Waals surface area (Å²) in [6.07, 6.45) is 0.765. The first kappa shape index (κ1) is 14.7. The van der Waals surface area contributed by atoms with Crippen LogP contribution in [0.5, 0.6) is 0 Å². The number of hydrogen-bond acceptors (Lipinski definition) is 5. The fraction of sp³-hybridized carbons (Fsp3) is 0.467. The van der Waals surface area contributed by atoms with E-state index >= 15 is 0 Å². The van der Waals surface area contributed by atoms with Gasteiger partial charge in [-0.25, -0.2) is 0 Å². The second-order valence-electron chi connectivity index (χ2n) is 4.87. The topological polar surface area (TPSA) is 60.2 Å². The highest BCUT2D eigenvalue weighted by Crippen LogP contribution is 2.29. The van der Waals surface area contributed by atoms with E-state index < -0.39 is 5.60 Å². The maximum atomic E-state index is 5.83. The molecule has 0 amide bonds. The highest BCUT2D eigenvalue weighted by molar-refractivity contribution is 5.23. The fourth-order valence-corrected chi connectivity index (χ4v) is 2.03. The highest BCUT2D eigenvalue weighted by atomic mass is 16.5. The molecule has 0 radical (unpaired) electrons. The molecule has 2 rings (SSSR count). The standard InChI is InChI=1S/C15H21N3O2/c1-5-15(2,19-4)14-18-17-13(20-14)12(16-3)11-9-7-6-8-10-11/h6-10,12,16H,5H2,1-4H3. The highest BCUT2D eigenvalue weighted by Gasteiger charge is 2.32. The van der Waals surface area contributed by atoms with Gasteiger partial charge in [-0.3, -0.25) is 0 Å². The molecule has 0 aliphatic heterocycles. The van der Waals surface area contributed by atoms with Crippen LogP contribution >= 0.6 is 0 Å². The number of ether oxygens (including phenoxy) is 1. The monoisotopic (exact) mass is 275 g/mol. The molecule has 2 aromatic rings. The Morgan fingerprint density at radius 2 is 2.00 bits per heavy atom. The molecule has 5 nitrogen and oxygen atoms in total. The zero-order valence-electron chi connectivity index (χ0n) is 12.4. The zero-order valence-corrected chi connectivity index (χ0v) is 12.4. The van der Waals surface area contributed by atoms with Gasteiger partial charge in [0.25, 0.3) is 0 Å². The summed E-state index contributed by atoms with van der Waals surface area (Å²) in [6, 6.07) is 9.90. The van der Waals surface area contributed by atoms with E-state index in [4.69, 9.17) is 9.15 Å². The SMILES string of the molecule is CCC(C)(OC)c1nnc(C(NC)c2ccccc2)o1. The summed E-state index contributed by atoms with van der Waals surface area (Å²) in [6.45, 7) is 3.97. The Bertz CT molecular complexity index is 535. The van der Waals surface area contributed by atoms with Crippen molar-refractivity contribution < 1.29 is 9.15 Å². The van der Waals surface area contributed by atoms with E-state index in [9.17, 15) is 0 Å². The average molecular weight is 275 g/mol.